The molecule has 0 saturated heterocycles. The zero-order valence-electron chi connectivity index (χ0n) is 18.0. The fraction of sp³-hybridized carbons (Fsp3) is 0.458. The number of carbonyl (C=O) groups is 2. The van der Waals surface area contributed by atoms with Crippen LogP contribution in [0, 0.1) is 0 Å². The second kappa shape index (κ2) is 7.55. The van der Waals surface area contributed by atoms with E-state index in [1.165, 1.54) is 12.8 Å². The summed E-state index contributed by atoms with van der Waals surface area (Å²) in [7, 11) is 1.84. The van der Waals surface area contributed by atoms with Gasteiger partial charge < -0.3 is 19.8 Å². The van der Waals surface area contributed by atoms with E-state index >= 15 is 0 Å². The van der Waals surface area contributed by atoms with E-state index in [-0.39, 0.29) is 11.9 Å². The normalized spacial score (nSPS) is 20.9. The number of rotatable bonds is 4. The number of carboxylic acid groups (broad SMARTS) is 1. The molecule has 7 heteroatoms. The molecule has 1 saturated carbocycles. The Bertz CT molecular complexity index is 1050. The Labute approximate surface area is 182 Å². The lowest BCUT2D eigenvalue weighted by atomic mass is 10.0. The average molecular weight is 421 g/mol. The summed E-state index contributed by atoms with van der Waals surface area (Å²) in [4.78, 5) is 35.7. The van der Waals surface area contributed by atoms with E-state index in [0.29, 0.717) is 11.6 Å². The van der Waals surface area contributed by atoms with Gasteiger partial charge in [-0.25, -0.2) is 9.78 Å². The largest absolute Gasteiger partial charge is 0.478 e. The van der Waals surface area contributed by atoms with Gasteiger partial charge in [-0.15, -0.1) is 0 Å². The summed E-state index contributed by atoms with van der Waals surface area (Å²) in [6.07, 6.45) is 6.14. The number of fused-ring (bicyclic) bond motifs is 2. The number of hydrogen-bond donors (Lipinski definition) is 1. The van der Waals surface area contributed by atoms with Crippen LogP contribution in [-0.4, -0.2) is 47.6 Å². The molecule has 1 fully saturated rings. The third-order valence-electron chi connectivity index (χ3n) is 7.00. The van der Waals surface area contributed by atoms with Gasteiger partial charge in [0.1, 0.15) is 11.9 Å². The van der Waals surface area contributed by atoms with Crippen LogP contribution in [0.2, 0.25) is 0 Å². The maximum Gasteiger partial charge on any atom is 0.335 e. The molecule has 3 heterocycles. The van der Waals surface area contributed by atoms with Gasteiger partial charge in [0.15, 0.2) is 5.82 Å². The molecular formula is C24H28N4O3. The molecule has 1 N–H and O–H groups in total. The molecule has 1 atom stereocenters. The molecule has 5 rings (SSSR count). The Morgan fingerprint density at radius 1 is 1.16 bits per heavy atom. The molecule has 1 aliphatic carbocycles. The van der Waals surface area contributed by atoms with Crippen LogP contribution in [-0.2, 0) is 11.2 Å². The first-order valence-corrected chi connectivity index (χ1v) is 11.2. The van der Waals surface area contributed by atoms with Gasteiger partial charge in [0.2, 0.25) is 5.91 Å². The van der Waals surface area contributed by atoms with E-state index < -0.39 is 5.97 Å². The number of pyridine rings is 1. The molecule has 31 heavy (non-hydrogen) atoms. The number of aromatic carboxylic acids is 1. The van der Waals surface area contributed by atoms with Crippen molar-refractivity contribution in [3.63, 3.8) is 0 Å². The van der Waals surface area contributed by atoms with E-state index in [1.807, 2.05) is 25.2 Å². The number of anilines is 4. The third kappa shape index (κ3) is 3.14. The molecule has 0 radical (unpaired) electrons. The van der Waals surface area contributed by atoms with Crippen molar-refractivity contribution in [2.24, 2.45) is 0 Å². The van der Waals surface area contributed by atoms with Crippen LogP contribution in [0.5, 0.6) is 0 Å². The summed E-state index contributed by atoms with van der Waals surface area (Å²) in [5, 5.41) is 9.30. The minimum Gasteiger partial charge on any atom is -0.478 e. The number of hydrogen-bond acceptors (Lipinski definition) is 5. The summed E-state index contributed by atoms with van der Waals surface area (Å²) in [5.74, 6) is 0.984. The number of benzene rings is 1. The highest BCUT2D eigenvalue weighted by atomic mass is 16.4. The molecule has 0 spiro atoms. The van der Waals surface area contributed by atoms with Crippen molar-refractivity contribution < 1.29 is 14.7 Å². The van der Waals surface area contributed by atoms with E-state index in [4.69, 9.17) is 4.98 Å². The van der Waals surface area contributed by atoms with Crippen molar-refractivity contribution >= 4 is 34.9 Å². The number of aromatic nitrogens is 1. The maximum absolute atomic E-state index is 13.1. The number of carboxylic acids is 1. The zero-order chi connectivity index (χ0) is 21.7. The average Bonchev–Trinajstić information content (AvgIpc) is 3.45. The third-order valence-corrected chi connectivity index (χ3v) is 7.00. The van der Waals surface area contributed by atoms with Gasteiger partial charge in [-0.3, -0.25) is 4.79 Å². The number of amides is 1. The van der Waals surface area contributed by atoms with Crippen LogP contribution in [0.15, 0.2) is 30.3 Å². The first-order valence-electron chi connectivity index (χ1n) is 11.2. The van der Waals surface area contributed by atoms with Crippen LogP contribution in [0.1, 0.15) is 54.9 Å². The molecule has 162 valence electrons. The minimum absolute atomic E-state index is 0.143. The van der Waals surface area contributed by atoms with Gasteiger partial charge in [0, 0.05) is 25.3 Å². The monoisotopic (exact) mass is 420 g/mol. The van der Waals surface area contributed by atoms with Crippen molar-refractivity contribution in [3.05, 3.63) is 41.5 Å². The number of carbonyl (C=O) groups excluding carboxylic acids is 1. The van der Waals surface area contributed by atoms with E-state index in [0.717, 1.165) is 60.8 Å². The van der Waals surface area contributed by atoms with Crippen molar-refractivity contribution in [3.8, 4) is 0 Å². The first-order chi connectivity index (χ1) is 15.0. The number of nitrogens with zero attached hydrogens (tertiary/aromatic N) is 4. The summed E-state index contributed by atoms with van der Waals surface area (Å²) in [6, 6.07) is 9.46. The van der Waals surface area contributed by atoms with Crippen LogP contribution in [0.25, 0.3) is 0 Å². The van der Waals surface area contributed by atoms with Crippen LogP contribution < -0.4 is 14.7 Å². The molecule has 2 aromatic rings. The van der Waals surface area contributed by atoms with Crippen molar-refractivity contribution in [2.75, 3.05) is 28.3 Å². The van der Waals surface area contributed by atoms with Gasteiger partial charge in [-0.2, -0.15) is 0 Å². The van der Waals surface area contributed by atoms with E-state index in [9.17, 15) is 14.7 Å². The highest BCUT2D eigenvalue weighted by Crippen LogP contribution is 2.42. The zero-order valence-corrected chi connectivity index (χ0v) is 18.0. The van der Waals surface area contributed by atoms with E-state index in [1.54, 1.807) is 17.0 Å². The molecule has 7 nitrogen and oxygen atoms in total. The van der Waals surface area contributed by atoms with Gasteiger partial charge in [-0.1, -0.05) is 19.8 Å². The number of likely N-dealkylation sites (N-methyl/N-ethyl adjacent to an activating group) is 1. The van der Waals surface area contributed by atoms with Gasteiger partial charge >= 0.3 is 5.97 Å². The lowest BCUT2D eigenvalue weighted by Crippen LogP contribution is -2.55. The second-order valence-corrected chi connectivity index (χ2v) is 8.73. The summed E-state index contributed by atoms with van der Waals surface area (Å²) in [5.41, 5.74) is 3.23. The van der Waals surface area contributed by atoms with Crippen molar-refractivity contribution in [1.82, 2.24) is 4.98 Å². The summed E-state index contributed by atoms with van der Waals surface area (Å²) < 4.78 is 0. The Morgan fingerprint density at radius 2 is 1.90 bits per heavy atom. The van der Waals surface area contributed by atoms with Crippen molar-refractivity contribution in [2.45, 2.75) is 57.5 Å². The second-order valence-electron chi connectivity index (χ2n) is 8.73. The molecule has 1 amide bonds. The first kappa shape index (κ1) is 19.8. The Hall–Kier alpha value is -3.09. The smallest absolute Gasteiger partial charge is 0.335 e. The van der Waals surface area contributed by atoms with Gasteiger partial charge in [0.25, 0.3) is 0 Å². The molecule has 0 bridgehead atoms. The topological polar surface area (TPSA) is 77.0 Å². The van der Waals surface area contributed by atoms with Crippen LogP contribution in [0.4, 0.5) is 23.0 Å². The molecular weight excluding hydrogens is 392 g/mol. The molecule has 1 aromatic heterocycles. The highest BCUT2D eigenvalue weighted by molar-refractivity contribution is 6.04. The molecule has 2 aliphatic heterocycles. The summed E-state index contributed by atoms with van der Waals surface area (Å²) in [6.45, 7) is 2.84. The highest BCUT2D eigenvalue weighted by Gasteiger charge is 2.41. The maximum atomic E-state index is 13.1. The molecule has 3 aliphatic rings. The standard InChI is InChI=1S/C24H28N4O3/c1-3-18-23(29)26(2)20-10-11-21(25-22(20)28(18)17-6-4-5-7-17)27-13-12-15-14-16(24(30)31)8-9-19(15)27/h8-11,14,17-18H,3-7,12-13H2,1-2H3,(H,30,31). The van der Waals surface area contributed by atoms with Gasteiger partial charge in [-0.05, 0) is 61.6 Å². The SMILES string of the molecule is CCC1C(=O)N(C)c2ccc(N3CCc4cc(C(=O)O)ccc43)nc2N1C1CCCC1. The molecule has 1 unspecified atom stereocenters. The lowest BCUT2D eigenvalue weighted by Gasteiger charge is -2.44. The minimum atomic E-state index is -0.904. The molecule has 1 aromatic carbocycles. The summed E-state index contributed by atoms with van der Waals surface area (Å²) >= 11 is 0. The predicted octanol–water partition coefficient (Wildman–Crippen LogP) is 3.98. The Morgan fingerprint density at radius 3 is 2.61 bits per heavy atom. The Balaban J connectivity index is 1.57. The Kier molecular flexibility index (Phi) is 4.84. The van der Waals surface area contributed by atoms with Gasteiger partial charge in [0.05, 0.1) is 11.3 Å². The quantitative estimate of drug-likeness (QED) is 0.806. The van der Waals surface area contributed by atoms with Crippen LogP contribution in [0.3, 0.4) is 0 Å². The van der Waals surface area contributed by atoms with E-state index in [2.05, 4.69) is 16.7 Å². The van der Waals surface area contributed by atoms with Crippen molar-refractivity contribution in [1.29, 1.82) is 0 Å². The fourth-order valence-electron chi connectivity index (χ4n) is 5.40. The predicted molar refractivity (Wildman–Crippen MR) is 121 cm³/mol. The lowest BCUT2D eigenvalue weighted by molar-refractivity contribution is -0.120. The van der Waals surface area contributed by atoms with Crippen LogP contribution >= 0.6 is 0 Å². The fourth-order valence-corrected chi connectivity index (χ4v) is 5.40.